The molecule has 1 saturated heterocycles. The van der Waals surface area contributed by atoms with E-state index in [1.807, 2.05) is 18.2 Å². The largest absolute Gasteiger partial charge is 0.489 e. The van der Waals surface area contributed by atoms with Gasteiger partial charge in [0.05, 0.1) is 17.8 Å². The smallest absolute Gasteiger partial charge is 0.308 e. The van der Waals surface area contributed by atoms with Crippen LogP contribution in [0, 0.1) is 0 Å². The van der Waals surface area contributed by atoms with Gasteiger partial charge in [0.25, 0.3) is 0 Å². The van der Waals surface area contributed by atoms with Gasteiger partial charge in [-0.3, -0.25) is 14.7 Å². The zero-order valence-corrected chi connectivity index (χ0v) is 15.3. The lowest BCUT2D eigenvalue weighted by atomic mass is 10.2. The number of pyridine rings is 1. The fraction of sp³-hybridized carbons (Fsp3) is 0.368. The van der Waals surface area contributed by atoms with Gasteiger partial charge >= 0.3 is 5.97 Å². The lowest BCUT2D eigenvalue weighted by Gasteiger charge is -2.32. The summed E-state index contributed by atoms with van der Waals surface area (Å²) >= 11 is 5.91. The minimum absolute atomic E-state index is 0.0283. The molecule has 1 aromatic heterocycles. The fourth-order valence-electron chi connectivity index (χ4n) is 2.82. The summed E-state index contributed by atoms with van der Waals surface area (Å²) in [6.45, 7) is 4.83. The number of nitrogens with zero attached hydrogens (tertiary/aromatic N) is 2. The van der Waals surface area contributed by atoms with Crippen LogP contribution < -0.4 is 9.47 Å². The zero-order chi connectivity index (χ0) is 18.4. The van der Waals surface area contributed by atoms with Crippen LogP contribution in [0.15, 0.2) is 42.7 Å². The molecule has 26 heavy (non-hydrogen) atoms. The molecule has 2 aromatic rings. The first-order valence-electron chi connectivity index (χ1n) is 8.43. The van der Waals surface area contributed by atoms with Gasteiger partial charge in [-0.05, 0) is 17.7 Å². The summed E-state index contributed by atoms with van der Waals surface area (Å²) in [6, 6.07) is 9.31. The average Bonchev–Trinajstić information content (AvgIpc) is 2.60. The maximum Gasteiger partial charge on any atom is 0.308 e. The van der Waals surface area contributed by atoms with Crippen LogP contribution in [0.25, 0.3) is 0 Å². The van der Waals surface area contributed by atoms with Gasteiger partial charge in [0.15, 0.2) is 0 Å². The molecule has 0 saturated carbocycles. The third-order valence-corrected chi connectivity index (χ3v) is 4.11. The SMILES string of the molecule is CC(=O)Oc1cccc(CN2CCOC(COc3cncc(Cl)c3)C2)c1. The first-order valence-corrected chi connectivity index (χ1v) is 8.81. The molecule has 138 valence electrons. The summed E-state index contributed by atoms with van der Waals surface area (Å²) in [5.74, 6) is 0.880. The van der Waals surface area contributed by atoms with Crippen molar-refractivity contribution in [3.8, 4) is 11.5 Å². The number of halogens is 1. The second-order valence-electron chi connectivity index (χ2n) is 6.12. The first kappa shape index (κ1) is 18.6. The van der Waals surface area contributed by atoms with E-state index in [1.54, 1.807) is 24.5 Å². The Morgan fingerprint density at radius 3 is 3.04 bits per heavy atom. The van der Waals surface area contributed by atoms with Crippen LogP contribution in [-0.4, -0.2) is 48.3 Å². The van der Waals surface area contributed by atoms with Crippen LogP contribution in [0.4, 0.5) is 0 Å². The Labute approximate surface area is 157 Å². The minimum atomic E-state index is -0.318. The molecule has 7 heteroatoms. The molecule has 6 nitrogen and oxygen atoms in total. The van der Waals surface area contributed by atoms with Gasteiger partial charge in [-0.15, -0.1) is 0 Å². The minimum Gasteiger partial charge on any atom is -0.489 e. The number of benzene rings is 1. The summed E-state index contributed by atoms with van der Waals surface area (Å²) in [4.78, 5) is 17.4. The molecule has 1 unspecified atom stereocenters. The number of carbonyl (C=O) groups excluding carboxylic acids is 1. The first-order chi connectivity index (χ1) is 12.6. The maximum absolute atomic E-state index is 11.1. The van der Waals surface area contributed by atoms with Crippen LogP contribution in [0.5, 0.6) is 11.5 Å². The number of carbonyl (C=O) groups is 1. The van der Waals surface area contributed by atoms with E-state index in [4.69, 9.17) is 25.8 Å². The predicted octanol–water partition coefficient (Wildman–Crippen LogP) is 2.94. The van der Waals surface area contributed by atoms with Crippen LogP contribution in [0.3, 0.4) is 0 Å². The van der Waals surface area contributed by atoms with Gasteiger partial charge in [-0.25, -0.2) is 0 Å². The van der Waals surface area contributed by atoms with Gasteiger partial charge in [0, 0.05) is 38.8 Å². The number of morpholine rings is 1. The number of esters is 1. The van der Waals surface area contributed by atoms with Crippen molar-refractivity contribution in [1.29, 1.82) is 0 Å². The number of ether oxygens (including phenoxy) is 3. The van der Waals surface area contributed by atoms with Crippen molar-refractivity contribution >= 4 is 17.6 Å². The van der Waals surface area contributed by atoms with Crippen molar-refractivity contribution in [2.75, 3.05) is 26.3 Å². The Kier molecular flexibility index (Phi) is 6.44. The second kappa shape index (κ2) is 8.98. The summed E-state index contributed by atoms with van der Waals surface area (Å²) in [7, 11) is 0. The Morgan fingerprint density at radius 2 is 2.23 bits per heavy atom. The van der Waals surface area contributed by atoms with E-state index in [2.05, 4.69) is 9.88 Å². The molecule has 2 heterocycles. The summed E-state index contributed by atoms with van der Waals surface area (Å²) in [5, 5.41) is 0.543. The van der Waals surface area contributed by atoms with Crippen molar-refractivity contribution in [3.63, 3.8) is 0 Å². The van der Waals surface area contributed by atoms with Crippen molar-refractivity contribution in [1.82, 2.24) is 9.88 Å². The van der Waals surface area contributed by atoms with Crippen LogP contribution >= 0.6 is 11.6 Å². The molecule has 1 atom stereocenters. The van der Waals surface area contributed by atoms with E-state index in [1.165, 1.54) is 6.92 Å². The monoisotopic (exact) mass is 376 g/mol. The Balaban J connectivity index is 1.52. The van der Waals surface area contributed by atoms with Crippen LogP contribution in [-0.2, 0) is 16.1 Å². The molecule has 0 aliphatic carbocycles. The van der Waals surface area contributed by atoms with Gasteiger partial charge in [0.2, 0.25) is 0 Å². The molecule has 1 aliphatic rings. The molecule has 1 aromatic carbocycles. The summed E-state index contributed by atoms with van der Waals surface area (Å²) in [5.41, 5.74) is 1.09. The lowest BCUT2D eigenvalue weighted by molar-refractivity contribution is -0.131. The number of hydrogen-bond donors (Lipinski definition) is 0. The van der Waals surface area contributed by atoms with Gasteiger partial charge in [-0.2, -0.15) is 0 Å². The fourth-order valence-corrected chi connectivity index (χ4v) is 2.98. The Hall–Kier alpha value is -2.15. The third kappa shape index (κ3) is 5.69. The third-order valence-electron chi connectivity index (χ3n) is 3.90. The highest BCUT2D eigenvalue weighted by Gasteiger charge is 2.21. The lowest BCUT2D eigenvalue weighted by Crippen LogP contribution is -2.44. The van der Waals surface area contributed by atoms with E-state index in [-0.39, 0.29) is 12.1 Å². The normalized spacial score (nSPS) is 17.7. The standard InChI is InChI=1S/C19H21ClN2O4/c1-14(23)26-17-4-2-3-15(7-17)11-22-5-6-24-19(12-22)13-25-18-8-16(20)9-21-10-18/h2-4,7-10,19H,5-6,11-13H2,1H3. The molecule has 0 radical (unpaired) electrons. The van der Waals surface area contributed by atoms with Crippen LogP contribution in [0.1, 0.15) is 12.5 Å². The average molecular weight is 377 g/mol. The van der Waals surface area contributed by atoms with E-state index < -0.39 is 0 Å². The van der Waals surface area contributed by atoms with E-state index in [0.717, 1.165) is 25.2 Å². The van der Waals surface area contributed by atoms with Crippen molar-refractivity contribution in [2.45, 2.75) is 19.6 Å². The van der Waals surface area contributed by atoms with E-state index in [9.17, 15) is 4.79 Å². The zero-order valence-electron chi connectivity index (χ0n) is 14.6. The Bertz CT molecular complexity index is 756. The molecule has 0 bridgehead atoms. The second-order valence-corrected chi connectivity index (χ2v) is 6.56. The number of rotatable bonds is 6. The molecule has 1 aliphatic heterocycles. The number of aromatic nitrogens is 1. The molecule has 3 rings (SSSR count). The Morgan fingerprint density at radius 1 is 1.35 bits per heavy atom. The van der Waals surface area contributed by atoms with E-state index >= 15 is 0 Å². The molecular formula is C19H21ClN2O4. The molecular weight excluding hydrogens is 356 g/mol. The van der Waals surface area contributed by atoms with Gasteiger partial charge in [-0.1, -0.05) is 23.7 Å². The highest BCUT2D eigenvalue weighted by Crippen LogP contribution is 2.18. The van der Waals surface area contributed by atoms with Gasteiger partial charge < -0.3 is 14.2 Å². The van der Waals surface area contributed by atoms with Crippen molar-refractivity contribution in [3.05, 3.63) is 53.3 Å². The summed E-state index contributed by atoms with van der Waals surface area (Å²) < 4.78 is 16.7. The van der Waals surface area contributed by atoms with Crippen molar-refractivity contribution in [2.24, 2.45) is 0 Å². The number of hydrogen-bond acceptors (Lipinski definition) is 6. The van der Waals surface area contributed by atoms with Crippen LogP contribution in [0.2, 0.25) is 5.02 Å². The highest BCUT2D eigenvalue weighted by molar-refractivity contribution is 6.30. The summed E-state index contributed by atoms with van der Waals surface area (Å²) in [6.07, 6.45) is 3.17. The molecule has 0 amide bonds. The van der Waals surface area contributed by atoms with Gasteiger partial charge in [0.1, 0.15) is 24.2 Å². The molecule has 0 N–H and O–H groups in total. The topological polar surface area (TPSA) is 60.9 Å². The predicted molar refractivity (Wildman–Crippen MR) is 97.5 cm³/mol. The molecule has 0 spiro atoms. The quantitative estimate of drug-likeness (QED) is 0.570. The highest BCUT2D eigenvalue weighted by atomic mass is 35.5. The van der Waals surface area contributed by atoms with E-state index in [0.29, 0.717) is 29.7 Å². The molecule has 1 fully saturated rings. The van der Waals surface area contributed by atoms with Crippen molar-refractivity contribution < 1.29 is 19.0 Å². The maximum atomic E-state index is 11.1.